The van der Waals surface area contributed by atoms with Gasteiger partial charge in [-0.3, -0.25) is 4.90 Å². The molecule has 1 fully saturated rings. The lowest BCUT2D eigenvalue weighted by molar-refractivity contribution is -0.112. The summed E-state index contributed by atoms with van der Waals surface area (Å²) in [5.41, 5.74) is 2.70. The van der Waals surface area contributed by atoms with Crippen LogP contribution in [0.25, 0.3) is 0 Å². The van der Waals surface area contributed by atoms with Crippen LogP contribution in [0.5, 0.6) is 5.75 Å². The molecule has 2 aromatic rings. The summed E-state index contributed by atoms with van der Waals surface area (Å²) in [6.45, 7) is 4.41. The van der Waals surface area contributed by atoms with E-state index >= 15 is 0 Å². The van der Waals surface area contributed by atoms with Crippen LogP contribution in [0, 0.1) is 5.82 Å². The number of nitrogens with zero attached hydrogens (tertiary/aromatic N) is 1. The Balaban J connectivity index is 1.61. The molecular weight excluding hydrogens is 317 g/mol. The van der Waals surface area contributed by atoms with Gasteiger partial charge in [0.2, 0.25) is 6.29 Å². The molecule has 0 aromatic heterocycles. The van der Waals surface area contributed by atoms with E-state index < -0.39 is 6.29 Å². The summed E-state index contributed by atoms with van der Waals surface area (Å²) < 4.78 is 26.1. The standard InChI is InChI=1S/C21H24FNO2/c1-15-7-5-6-10-23(15)13-17-11-19(22)12-18-14-24-21(25-20(17)18)16-8-3-2-4-9-16/h2-4,8-9,11-12,15,21H,5-7,10,13-14H2,1H3. The third-order valence-electron chi connectivity index (χ3n) is 5.21. The molecular formula is C21H24FNO2. The zero-order valence-electron chi connectivity index (χ0n) is 14.6. The van der Waals surface area contributed by atoms with Gasteiger partial charge >= 0.3 is 0 Å². The van der Waals surface area contributed by atoms with Crippen molar-refractivity contribution in [2.75, 3.05) is 6.54 Å². The van der Waals surface area contributed by atoms with Crippen molar-refractivity contribution in [3.05, 3.63) is 65.0 Å². The fourth-order valence-electron chi connectivity index (χ4n) is 3.78. The van der Waals surface area contributed by atoms with E-state index in [2.05, 4.69) is 11.8 Å². The van der Waals surface area contributed by atoms with E-state index in [9.17, 15) is 4.39 Å². The summed E-state index contributed by atoms with van der Waals surface area (Å²) >= 11 is 0. The maximum atomic E-state index is 14.1. The van der Waals surface area contributed by atoms with Crippen LogP contribution in [0.2, 0.25) is 0 Å². The van der Waals surface area contributed by atoms with E-state index in [0.717, 1.165) is 35.5 Å². The molecule has 4 rings (SSSR count). The van der Waals surface area contributed by atoms with Gasteiger partial charge < -0.3 is 9.47 Å². The van der Waals surface area contributed by atoms with E-state index in [1.165, 1.54) is 25.3 Å². The zero-order valence-corrected chi connectivity index (χ0v) is 14.6. The minimum absolute atomic E-state index is 0.219. The topological polar surface area (TPSA) is 21.7 Å². The van der Waals surface area contributed by atoms with Gasteiger partial charge in [0.05, 0.1) is 6.61 Å². The number of piperidine rings is 1. The number of likely N-dealkylation sites (tertiary alicyclic amines) is 1. The van der Waals surface area contributed by atoms with Crippen molar-refractivity contribution in [3.63, 3.8) is 0 Å². The van der Waals surface area contributed by atoms with Crippen LogP contribution in [-0.2, 0) is 17.9 Å². The fourth-order valence-corrected chi connectivity index (χ4v) is 3.78. The van der Waals surface area contributed by atoms with Crippen molar-refractivity contribution in [1.82, 2.24) is 4.90 Å². The van der Waals surface area contributed by atoms with Crippen LogP contribution in [0.4, 0.5) is 4.39 Å². The Hall–Kier alpha value is -1.91. The molecule has 1 saturated heterocycles. The highest BCUT2D eigenvalue weighted by Crippen LogP contribution is 2.37. The zero-order chi connectivity index (χ0) is 17.2. The molecule has 0 N–H and O–H groups in total. The van der Waals surface area contributed by atoms with Crippen LogP contribution >= 0.6 is 0 Å². The fraction of sp³-hybridized carbons (Fsp3) is 0.429. The quantitative estimate of drug-likeness (QED) is 0.800. The predicted molar refractivity (Wildman–Crippen MR) is 94.7 cm³/mol. The molecule has 2 unspecified atom stereocenters. The average molecular weight is 341 g/mol. The van der Waals surface area contributed by atoms with Gasteiger partial charge in [0.25, 0.3) is 0 Å². The lowest BCUT2D eigenvalue weighted by atomic mass is 10.0. The molecule has 2 aromatic carbocycles. The van der Waals surface area contributed by atoms with E-state index in [4.69, 9.17) is 9.47 Å². The molecule has 2 heterocycles. The summed E-state index contributed by atoms with van der Waals surface area (Å²) in [7, 11) is 0. The number of hydrogen-bond acceptors (Lipinski definition) is 3. The molecule has 0 radical (unpaired) electrons. The minimum atomic E-state index is -0.434. The summed E-state index contributed by atoms with van der Waals surface area (Å²) in [6, 6.07) is 13.6. The first-order chi connectivity index (χ1) is 12.2. The number of ether oxygens (including phenoxy) is 2. The van der Waals surface area contributed by atoms with Crippen LogP contribution in [0.3, 0.4) is 0 Å². The summed E-state index contributed by atoms with van der Waals surface area (Å²) in [5.74, 6) is 0.572. The number of hydrogen-bond donors (Lipinski definition) is 0. The van der Waals surface area contributed by atoms with Crippen LogP contribution in [-0.4, -0.2) is 17.5 Å². The molecule has 0 bridgehead atoms. The van der Waals surface area contributed by atoms with Gasteiger partial charge in [-0.25, -0.2) is 4.39 Å². The molecule has 132 valence electrons. The van der Waals surface area contributed by atoms with Crippen molar-refractivity contribution in [1.29, 1.82) is 0 Å². The van der Waals surface area contributed by atoms with Gasteiger partial charge in [0, 0.05) is 29.3 Å². The van der Waals surface area contributed by atoms with Gasteiger partial charge in [-0.1, -0.05) is 36.8 Å². The van der Waals surface area contributed by atoms with Crippen molar-refractivity contribution >= 4 is 0 Å². The van der Waals surface area contributed by atoms with Crippen LogP contribution in [0.1, 0.15) is 49.2 Å². The molecule has 0 spiro atoms. The van der Waals surface area contributed by atoms with Crippen molar-refractivity contribution in [3.8, 4) is 5.75 Å². The Labute approximate surface area is 148 Å². The van der Waals surface area contributed by atoms with E-state index in [0.29, 0.717) is 12.6 Å². The van der Waals surface area contributed by atoms with Gasteiger partial charge in [0.1, 0.15) is 11.6 Å². The highest BCUT2D eigenvalue weighted by atomic mass is 19.1. The molecule has 0 amide bonds. The smallest absolute Gasteiger partial charge is 0.227 e. The second kappa shape index (κ2) is 7.14. The average Bonchev–Trinajstić information content (AvgIpc) is 2.64. The molecule has 0 saturated carbocycles. The first-order valence-corrected chi connectivity index (χ1v) is 9.09. The van der Waals surface area contributed by atoms with E-state index in [1.54, 1.807) is 6.07 Å². The van der Waals surface area contributed by atoms with Crippen molar-refractivity contribution < 1.29 is 13.9 Å². The maximum Gasteiger partial charge on any atom is 0.227 e. The summed E-state index contributed by atoms with van der Waals surface area (Å²) in [6.07, 6.45) is 3.25. The summed E-state index contributed by atoms with van der Waals surface area (Å²) in [5, 5.41) is 0. The Morgan fingerprint density at radius 3 is 2.80 bits per heavy atom. The Morgan fingerprint density at radius 2 is 2.00 bits per heavy atom. The second-order valence-corrected chi connectivity index (χ2v) is 7.04. The highest BCUT2D eigenvalue weighted by molar-refractivity contribution is 5.43. The molecule has 2 atom stereocenters. The normalized spacial score (nSPS) is 23.8. The SMILES string of the molecule is CC1CCCCN1Cc1cc(F)cc2c1OC(c1ccccc1)OC2. The summed E-state index contributed by atoms with van der Waals surface area (Å²) in [4.78, 5) is 2.43. The molecule has 25 heavy (non-hydrogen) atoms. The molecule has 3 nitrogen and oxygen atoms in total. The van der Waals surface area contributed by atoms with Gasteiger partial charge in [-0.15, -0.1) is 0 Å². The lowest BCUT2D eigenvalue weighted by Crippen LogP contribution is -2.37. The van der Waals surface area contributed by atoms with Gasteiger partial charge in [-0.2, -0.15) is 0 Å². The van der Waals surface area contributed by atoms with E-state index in [1.807, 2.05) is 30.3 Å². The number of fused-ring (bicyclic) bond motifs is 1. The predicted octanol–water partition coefficient (Wildman–Crippen LogP) is 4.81. The highest BCUT2D eigenvalue weighted by Gasteiger charge is 2.27. The number of benzene rings is 2. The monoisotopic (exact) mass is 341 g/mol. The third-order valence-corrected chi connectivity index (χ3v) is 5.21. The largest absolute Gasteiger partial charge is 0.460 e. The number of halogens is 1. The maximum absolute atomic E-state index is 14.1. The minimum Gasteiger partial charge on any atom is -0.460 e. The van der Waals surface area contributed by atoms with Crippen LogP contribution < -0.4 is 4.74 Å². The van der Waals surface area contributed by atoms with Gasteiger partial charge in [-0.05, 0) is 38.4 Å². The Bertz CT molecular complexity index is 734. The first-order valence-electron chi connectivity index (χ1n) is 9.09. The van der Waals surface area contributed by atoms with Crippen molar-refractivity contribution in [2.45, 2.75) is 51.7 Å². The van der Waals surface area contributed by atoms with Gasteiger partial charge in [0.15, 0.2) is 0 Å². The number of rotatable bonds is 3. The third kappa shape index (κ3) is 3.55. The van der Waals surface area contributed by atoms with E-state index in [-0.39, 0.29) is 5.82 Å². The first kappa shape index (κ1) is 16.6. The molecule has 2 aliphatic rings. The van der Waals surface area contributed by atoms with Crippen LogP contribution in [0.15, 0.2) is 42.5 Å². The molecule has 0 aliphatic carbocycles. The Kier molecular flexibility index (Phi) is 4.73. The molecule has 4 heteroatoms. The van der Waals surface area contributed by atoms with Crippen molar-refractivity contribution in [2.24, 2.45) is 0 Å². The molecule has 2 aliphatic heterocycles. The Morgan fingerprint density at radius 1 is 1.16 bits per heavy atom. The second-order valence-electron chi connectivity index (χ2n) is 7.04. The lowest BCUT2D eigenvalue weighted by Gasteiger charge is -2.35.